The molecule has 4 aliphatic carbocycles. The largest absolute Gasteiger partial charge is 0.351 e. The van der Waals surface area contributed by atoms with Gasteiger partial charge in [-0.25, -0.2) is 0 Å². The van der Waals surface area contributed by atoms with Gasteiger partial charge >= 0.3 is 0 Å². The van der Waals surface area contributed by atoms with Crippen molar-refractivity contribution in [2.75, 3.05) is 0 Å². The second-order valence-corrected chi connectivity index (χ2v) is 8.50. The summed E-state index contributed by atoms with van der Waals surface area (Å²) in [6.07, 6.45) is 12.0. The molecular weight excluding hydrogens is 328 g/mol. The first-order valence-electron chi connectivity index (χ1n) is 9.71. The van der Waals surface area contributed by atoms with Gasteiger partial charge in [0.15, 0.2) is 0 Å². The summed E-state index contributed by atoms with van der Waals surface area (Å²) < 4.78 is 5.29. The number of nitrogens with one attached hydrogen (secondary N) is 1. The van der Waals surface area contributed by atoms with Crippen molar-refractivity contribution >= 4 is 5.91 Å². The Morgan fingerprint density at radius 1 is 1.19 bits per heavy atom. The molecule has 0 spiro atoms. The number of aryl methyl sites for hydroxylation is 1. The van der Waals surface area contributed by atoms with Gasteiger partial charge in [0, 0.05) is 36.3 Å². The molecule has 4 fully saturated rings. The van der Waals surface area contributed by atoms with Gasteiger partial charge in [-0.1, -0.05) is 5.16 Å². The highest BCUT2D eigenvalue weighted by molar-refractivity contribution is 5.77. The lowest BCUT2D eigenvalue weighted by molar-refractivity contribution is -0.126. The third kappa shape index (κ3) is 3.02. The summed E-state index contributed by atoms with van der Waals surface area (Å²) in [4.78, 5) is 21.0. The molecule has 6 heteroatoms. The Bertz CT molecular complexity index is 766. The molecule has 1 amide bonds. The maximum atomic E-state index is 12.6. The molecule has 136 valence electrons. The maximum absolute atomic E-state index is 12.6. The predicted molar refractivity (Wildman–Crippen MR) is 94.9 cm³/mol. The fourth-order valence-corrected chi connectivity index (χ4v) is 5.81. The topological polar surface area (TPSA) is 80.9 Å². The van der Waals surface area contributed by atoms with Crippen LogP contribution in [0, 0.1) is 17.8 Å². The molecule has 6 nitrogen and oxygen atoms in total. The SMILES string of the molecule is O=C(CCc1nc(-c2cccnc2)no1)NC12CC3CC(CC(C3)C1)C2. The lowest BCUT2D eigenvalue weighted by atomic mass is 9.53. The molecule has 0 atom stereocenters. The van der Waals surface area contributed by atoms with Gasteiger partial charge in [-0.05, 0) is 68.4 Å². The molecule has 0 radical (unpaired) electrons. The molecule has 4 saturated carbocycles. The Hall–Kier alpha value is -2.24. The van der Waals surface area contributed by atoms with Crippen molar-refractivity contribution in [3.05, 3.63) is 30.4 Å². The van der Waals surface area contributed by atoms with Gasteiger partial charge in [0.1, 0.15) is 0 Å². The fraction of sp³-hybridized carbons (Fsp3) is 0.600. The highest BCUT2D eigenvalue weighted by atomic mass is 16.5. The molecule has 2 aromatic heterocycles. The summed E-state index contributed by atoms with van der Waals surface area (Å²) in [6.45, 7) is 0. The first-order chi connectivity index (χ1) is 12.7. The molecule has 26 heavy (non-hydrogen) atoms. The van der Waals surface area contributed by atoms with E-state index in [1.54, 1.807) is 12.4 Å². The number of rotatable bonds is 5. The zero-order valence-corrected chi connectivity index (χ0v) is 14.9. The lowest BCUT2D eigenvalue weighted by Gasteiger charge is -2.56. The van der Waals surface area contributed by atoms with E-state index in [1.165, 1.54) is 38.5 Å². The number of carbonyl (C=O) groups is 1. The Labute approximate surface area is 152 Å². The third-order valence-electron chi connectivity index (χ3n) is 6.40. The van der Waals surface area contributed by atoms with Crippen LogP contribution < -0.4 is 5.32 Å². The van der Waals surface area contributed by atoms with Crippen LogP contribution in [0.4, 0.5) is 0 Å². The number of nitrogens with zero attached hydrogens (tertiary/aromatic N) is 3. The van der Waals surface area contributed by atoms with Crippen molar-refractivity contribution in [3.8, 4) is 11.4 Å². The second-order valence-electron chi connectivity index (χ2n) is 8.50. The van der Waals surface area contributed by atoms with E-state index in [1.807, 2.05) is 12.1 Å². The minimum Gasteiger partial charge on any atom is -0.351 e. The van der Waals surface area contributed by atoms with Crippen molar-refractivity contribution in [2.24, 2.45) is 17.8 Å². The average molecular weight is 352 g/mol. The van der Waals surface area contributed by atoms with E-state index in [9.17, 15) is 4.79 Å². The number of pyridine rings is 1. The Balaban J connectivity index is 1.19. The van der Waals surface area contributed by atoms with E-state index < -0.39 is 0 Å². The summed E-state index contributed by atoms with van der Waals surface area (Å²) in [5.74, 6) is 3.64. The van der Waals surface area contributed by atoms with Gasteiger partial charge in [-0.3, -0.25) is 9.78 Å². The van der Waals surface area contributed by atoms with Crippen molar-refractivity contribution in [1.82, 2.24) is 20.4 Å². The smallest absolute Gasteiger partial charge is 0.227 e. The molecule has 6 rings (SSSR count). The Morgan fingerprint density at radius 3 is 2.58 bits per heavy atom. The summed E-state index contributed by atoms with van der Waals surface area (Å²) in [5, 5.41) is 7.38. The molecular formula is C20H24N4O2. The molecule has 0 aromatic carbocycles. The first-order valence-corrected chi connectivity index (χ1v) is 9.71. The number of amides is 1. The van der Waals surface area contributed by atoms with Gasteiger partial charge in [0.25, 0.3) is 0 Å². The molecule has 4 bridgehead atoms. The number of hydrogen-bond acceptors (Lipinski definition) is 5. The van der Waals surface area contributed by atoms with Crippen LogP contribution >= 0.6 is 0 Å². The van der Waals surface area contributed by atoms with Crippen LogP contribution in [-0.4, -0.2) is 26.6 Å². The van der Waals surface area contributed by atoms with E-state index >= 15 is 0 Å². The maximum Gasteiger partial charge on any atom is 0.227 e. The van der Waals surface area contributed by atoms with Crippen LogP contribution in [0.2, 0.25) is 0 Å². The van der Waals surface area contributed by atoms with E-state index in [0.717, 1.165) is 23.3 Å². The fourth-order valence-electron chi connectivity index (χ4n) is 5.81. The summed E-state index contributed by atoms with van der Waals surface area (Å²) >= 11 is 0. The quantitative estimate of drug-likeness (QED) is 0.894. The third-order valence-corrected chi connectivity index (χ3v) is 6.40. The van der Waals surface area contributed by atoms with Crippen molar-refractivity contribution in [1.29, 1.82) is 0 Å². The van der Waals surface area contributed by atoms with Gasteiger partial charge in [0.2, 0.25) is 17.6 Å². The Kier molecular flexibility index (Phi) is 3.80. The van der Waals surface area contributed by atoms with Gasteiger partial charge < -0.3 is 9.84 Å². The van der Waals surface area contributed by atoms with E-state index in [0.29, 0.717) is 24.6 Å². The standard InChI is InChI=1S/C20H24N4O2/c25-17(23-20-9-13-6-14(10-20)8-15(7-13)11-20)3-4-18-22-19(24-26-18)16-2-1-5-21-12-16/h1-2,5,12-15H,3-4,6-11H2,(H,23,25). The van der Waals surface area contributed by atoms with E-state index in [-0.39, 0.29) is 11.4 Å². The number of aromatic nitrogens is 3. The molecule has 0 aliphatic heterocycles. The van der Waals surface area contributed by atoms with Crippen molar-refractivity contribution in [2.45, 2.75) is 56.9 Å². The first kappa shape index (κ1) is 16.0. The Morgan fingerprint density at radius 2 is 1.92 bits per heavy atom. The minimum absolute atomic E-state index is 0.0710. The predicted octanol–water partition coefficient (Wildman–Crippen LogP) is 3.15. The van der Waals surface area contributed by atoms with Gasteiger partial charge in [-0.2, -0.15) is 4.98 Å². The number of hydrogen-bond donors (Lipinski definition) is 1. The van der Waals surface area contributed by atoms with Crippen LogP contribution in [0.1, 0.15) is 50.8 Å². The molecule has 0 unspecified atom stereocenters. The van der Waals surface area contributed by atoms with Crippen molar-refractivity contribution < 1.29 is 9.32 Å². The zero-order chi connectivity index (χ0) is 17.6. The molecule has 0 saturated heterocycles. The van der Waals surface area contributed by atoms with Crippen LogP contribution in [0.15, 0.2) is 29.0 Å². The van der Waals surface area contributed by atoms with Crippen molar-refractivity contribution in [3.63, 3.8) is 0 Å². The number of carbonyl (C=O) groups excluding carboxylic acids is 1. The summed E-state index contributed by atoms with van der Waals surface area (Å²) in [6, 6.07) is 3.73. The molecule has 2 heterocycles. The van der Waals surface area contributed by atoms with Gasteiger partial charge in [0.05, 0.1) is 0 Å². The average Bonchev–Trinajstić information content (AvgIpc) is 3.08. The zero-order valence-electron chi connectivity index (χ0n) is 14.9. The highest BCUT2D eigenvalue weighted by Crippen LogP contribution is 2.55. The summed E-state index contributed by atoms with van der Waals surface area (Å²) in [7, 11) is 0. The monoisotopic (exact) mass is 352 g/mol. The molecule has 1 N–H and O–H groups in total. The van der Waals surface area contributed by atoms with Crippen LogP contribution in [0.3, 0.4) is 0 Å². The van der Waals surface area contributed by atoms with Crippen LogP contribution in [0.25, 0.3) is 11.4 Å². The molecule has 2 aromatic rings. The molecule has 4 aliphatic rings. The minimum atomic E-state index is 0.0710. The highest BCUT2D eigenvalue weighted by Gasteiger charge is 2.51. The van der Waals surface area contributed by atoms with Gasteiger partial charge in [-0.15, -0.1) is 0 Å². The van der Waals surface area contributed by atoms with Crippen LogP contribution in [-0.2, 0) is 11.2 Å². The van der Waals surface area contributed by atoms with E-state index in [4.69, 9.17) is 4.52 Å². The second kappa shape index (κ2) is 6.18. The van der Waals surface area contributed by atoms with Crippen LogP contribution in [0.5, 0.6) is 0 Å². The normalized spacial score (nSPS) is 31.9. The van der Waals surface area contributed by atoms with E-state index in [2.05, 4.69) is 20.4 Å². The summed E-state index contributed by atoms with van der Waals surface area (Å²) in [5.41, 5.74) is 0.891. The lowest BCUT2D eigenvalue weighted by Crippen LogP contribution is -2.59.